The average Bonchev–Trinajstić information content (AvgIpc) is 2.39. The molecule has 0 saturated heterocycles. The molecule has 0 aliphatic heterocycles. The Morgan fingerprint density at radius 3 is 2.30 bits per heavy atom. The van der Waals surface area contributed by atoms with Gasteiger partial charge in [0, 0.05) is 16.4 Å². The van der Waals surface area contributed by atoms with Gasteiger partial charge in [0.15, 0.2) is 5.11 Å². The molecule has 6 heteroatoms. The first kappa shape index (κ1) is 14.3. The van der Waals surface area contributed by atoms with E-state index in [9.17, 15) is 4.79 Å². The lowest BCUT2D eigenvalue weighted by molar-refractivity contribution is 0.0697. The van der Waals surface area contributed by atoms with Gasteiger partial charge in [-0.2, -0.15) is 0 Å². The van der Waals surface area contributed by atoms with Crippen LogP contribution in [0.2, 0.25) is 5.02 Å². The topological polar surface area (TPSA) is 61.4 Å². The molecule has 0 heterocycles. The van der Waals surface area contributed by atoms with Crippen molar-refractivity contribution in [2.45, 2.75) is 0 Å². The predicted octanol–water partition coefficient (Wildman–Crippen LogP) is 3.85. The minimum absolute atomic E-state index is 0.226. The van der Waals surface area contributed by atoms with Gasteiger partial charge in [0.05, 0.1) is 5.56 Å². The molecule has 0 spiro atoms. The van der Waals surface area contributed by atoms with Crippen LogP contribution in [0.3, 0.4) is 0 Å². The number of halogens is 1. The van der Waals surface area contributed by atoms with Gasteiger partial charge in [-0.15, -0.1) is 0 Å². The molecule has 102 valence electrons. The van der Waals surface area contributed by atoms with Crippen LogP contribution in [0.5, 0.6) is 0 Å². The van der Waals surface area contributed by atoms with Crippen LogP contribution in [0.25, 0.3) is 0 Å². The van der Waals surface area contributed by atoms with Crippen LogP contribution in [0, 0.1) is 0 Å². The molecule has 0 atom stereocenters. The predicted molar refractivity (Wildman–Crippen MR) is 84.7 cm³/mol. The quantitative estimate of drug-likeness (QED) is 0.752. The summed E-state index contributed by atoms with van der Waals surface area (Å²) in [6, 6.07) is 13.5. The highest BCUT2D eigenvalue weighted by atomic mass is 35.5. The van der Waals surface area contributed by atoms with Crippen LogP contribution in [0.1, 0.15) is 10.4 Å². The molecule has 3 N–H and O–H groups in total. The fourth-order valence-corrected chi connectivity index (χ4v) is 1.98. The van der Waals surface area contributed by atoms with E-state index in [0.717, 1.165) is 5.69 Å². The number of thiocarbonyl (C=S) groups is 1. The van der Waals surface area contributed by atoms with E-state index < -0.39 is 5.97 Å². The van der Waals surface area contributed by atoms with Gasteiger partial charge in [0.25, 0.3) is 0 Å². The molecule has 0 unspecified atom stereocenters. The van der Waals surface area contributed by atoms with E-state index in [1.165, 1.54) is 12.1 Å². The molecule has 20 heavy (non-hydrogen) atoms. The molecule has 0 amide bonds. The van der Waals surface area contributed by atoms with E-state index >= 15 is 0 Å². The lowest BCUT2D eigenvalue weighted by atomic mass is 10.2. The second-order valence-electron chi connectivity index (χ2n) is 3.97. The summed E-state index contributed by atoms with van der Waals surface area (Å²) in [6.07, 6.45) is 0. The van der Waals surface area contributed by atoms with Crippen molar-refractivity contribution in [3.63, 3.8) is 0 Å². The third-order valence-corrected chi connectivity index (χ3v) is 2.91. The highest BCUT2D eigenvalue weighted by Gasteiger charge is 2.03. The maximum absolute atomic E-state index is 10.7. The first-order chi connectivity index (χ1) is 9.54. The molecule has 0 fully saturated rings. The second-order valence-corrected chi connectivity index (χ2v) is 4.82. The van der Waals surface area contributed by atoms with Gasteiger partial charge in [-0.1, -0.05) is 17.7 Å². The summed E-state index contributed by atoms with van der Waals surface area (Å²) in [7, 11) is 0. The zero-order valence-electron chi connectivity index (χ0n) is 10.3. The third-order valence-electron chi connectivity index (χ3n) is 2.47. The smallest absolute Gasteiger partial charge is 0.335 e. The Labute approximate surface area is 126 Å². The number of benzene rings is 2. The first-order valence-corrected chi connectivity index (χ1v) is 6.50. The summed E-state index contributed by atoms with van der Waals surface area (Å²) in [5.74, 6) is -0.962. The maximum atomic E-state index is 10.7. The Morgan fingerprint density at radius 1 is 1.05 bits per heavy atom. The van der Waals surface area contributed by atoms with Crippen molar-refractivity contribution in [2.75, 3.05) is 10.6 Å². The minimum Gasteiger partial charge on any atom is -0.478 e. The lowest BCUT2D eigenvalue weighted by Crippen LogP contribution is -2.19. The zero-order chi connectivity index (χ0) is 14.5. The highest BCUT2D eigenvalue weighted by molar-refractivity contribution is 7.80. The van der Waals surface area contributed by atoms with Crippen molar-refractivity contribution >= 4 is 46.3 Å². The van der Waals surface area contributed by atoms with Crippen molar-refractivity contribution in [1.29, 1.82) is 0 Å². The van der Waals surface area contributed by atoms with Crippen LogP contribution in [0.4, 0.5) is 11.4 Å². The monoisotopic (exact) mass is 306 g/mol. The molecule has 0 aromatic heterocycles. The normalized spacial score (nSPS) is 9.85. The minimum atomic E-state index is -0.962. The fraction of sp³-hybridized carbons (Fsp3) is 0. The van der Waals surface area contributed by atoms with Crippen LogP contribution in [-0.2, 0) is 0 Å². The van der Waals surface area contributed by atoms with Crippen LogP contribution >= 0.6 is 23.8 Å². The van der Waals surface area contributed by atoms with Crippen molar-refractivity contribution in [1.82, 2.24) is 0 Å². The number of rotatable bonds is 3. The Balaban J connectivity index is 1.99. The zero-order valence-corrected chi connectivity index (χ0v) is 11.8. The van der Waals surface area contributed by atoms with Crippen LogP contribution in [0.15, 0.2) is 48.5 Å². The Kier molecular flexibility index (Phi) is 4.55. The SMILES string of the molecule is O=C(O)c1ccc(NC(=S)Nc2cccc(Cl)c2)cc1. The Bertz CT molecular complexity index is 644. The van der Waals surface area contributed by atoms with Crippen molar-refractivity contribution in [2.24, 2.45) is 0 Å². The summed E-state index contributed by atoms with van der Waals surface area (Å²) in [5, 5.41) is 15.8. The average molecular weight is 307 g/mol. The molecule has 2 rings (SSSR count). The molecule has 0 radical (unpaired) electrons. The van der Waals surface area contributed by atoms with Gasteiger partial charge < -0.3 is 15.7 Å². The number of aromatic carboxylic acids is 1. The number of carboxylic acid groups (broad SMARTS) is 1. The summed E-state index contributed by atoms with van der Waals surface area (Å²) >= 11 is 11.0. The van der Waals surface area contributed by atoms with E-state index in [1.807, 2.05) is 12.1 Å². The summed E-state index contributed by atoms with van der Waals surface area (Å²) in [6.45, 7) is 0. The Morgan fingerprint density at radius 2 is 1.70 bits per heavy atom. The van der Waals surface area contributed by atoms with Crippen LogP contribution < -0.4 is 10.6 Å². The molecule has 2 aromatic carbocycles. The molecule has 0 aliphatic carbocycles. The number of anilines is 2. The van der Waals surface area contributed by atoms with Gasteiger partial charge in [-0.25, -0.2) is 4.79 Å². The Hall–Kier alpha value is -2.11. The van der Waals surface area contributed by atoms with Gasteiger partial charge >= 0.3 is 5.97 Å². The van der Waals surface area contributed by atoms with Gasteiger partial charge in [0.1, 0.15) is 0 Å². The molecule has 2 aromatic rings. The highest BCUT2D eigenvalue weighted by Crippen LogP contribution is 2.16. The molecular weight excluding hydrogens is 296 g/mol. The van der Waals surface area contributed by atoms with E-state index in [-0.39, 0.29) is 5.56 Å². The van der Waals surface area contributed by atoms with E-state index in [0.29, 0.717) is 15.8 Å². The fourth-order valence-electron chi connectivity index (χ4n) is 1.56. The van der Waals surface area contributed by atoms with E-state index in [4.69, 9.17) is 28.9 Å². The number of hydrogen-bond acceptors (Lipinski definition) is 2. The summed E-state index contributed by atoms with van der Waals surface area (Å²) in [4.78, 5) is 10.7. The standard InChI is InChI=1S/C14H11ClN2O2S/c15-10-2-1-3-12(8-10)17-14(20)16-11-6-4-9(5-7-11)13(18)19/h1-8H,(H,18,19)(H2,16,17,20). The van der Waals surface area contributed by atoms with E-state index in [2.05, 4.69) is 10.6 Å². The lowest BCUT2D eigenvalue weighted by Gasteiger charge is -2.10. The molecule has 0 bridgehead atoms. The summed E-state index contributed by atoms with van der Waals surface area (Å²) < 4.78 is 0. The molecule has 0 saturated carbocycles. The number of carboxylic acids is 1. The third kappa shape index (κ3) is 3.94. The molecule has 4 nitrogen and oxygen atoms in total. The van der Waals surface area contributed by atoms with Crippen LogP contribution in [-0.4, -0.2) is 16.2 Å². The van der Waals surface area contributed by atoms with Gasteiger partial charge in [-0.3, -0.25) is 0 Å². The second kappa shape index (κ2) is 6.36. The number of carbonyl (C=O) groups is 1. The summed E-state index contributed by atoms with van der Waals surface area (Å²) in [5.41, 5.74) is 1.70. The first-order valence-electron chi connectivity index (χ1n) is 5.71. The molecular formula is C14H11ClN2O2S. The van der Waals surface area contributed by atoms with Gasteiger partial charge in [0.2, 0.25) is 0 Å². The van der Waals surface area contributed by atoms with Gasteiger partial charge in [-0.05, 0) is 54.7 Å². The molecule has 0 aliphatic rings. The largest absolute Gasteiger partial charge is 0.478 e. The van der Waals surface area contributed by atoms with Crippen molar-refractivity contribution < 1.29 is 9.90 Å². The van der Waals surface area contributed by atoms with Crippen molar-refractivity contribution in [3.8, 4) is 0 Å². The number of nitrogens with one attached hydrogen (secondary N) is 2. The number of hydrogen-bond donors (Lipinski definition) is 3. The van der Waals surface area contributed by atoms with E-state index in [1.54, 1.807) is 24.3 Å². The maximum Gasteiger partial charge on any atom is 0.335 e. The van der Waals surface area contributed by atoms with Crippen molar-refractivity contribution in [3.05, 3.63) is 59.1 Å².